The number of rotatable bonds is 3. The average molecular weight is 355 g/mol. The summed E-state index contributed by atoms with van der Waals surface area (Å²) >= 11 is 0. The van der Waals surface area contributed by atoms with Crippen LogP contribution in [-0.4, -0.2) is 43.2 Å². The summed E-state index contributed by atoms with van der Waals surface area (Å²) in [5, 5.41) is 4.04. The lowest BCUT2D eigenvalue weighted by molar-refractivity contribution is -0.141. The lowest BCUT2D eigenvalue weighted by atomic mass is 9.96. The SMILES string of the molecule is Cn1cc(CC(=O)N2CCCC(c3nc(C(F)(F)F)cn3C)C2)cn1. The quantitative estimate of drug-likeness (QED) is 0.848. The molecule has 2 aromatic rings. The van der Waals surface area contributed by atoms with Gasteiger partial charge in [0.15, 0.2) is 5.69 Å². The van der Waals surface area contributed by atoms with E-state index in [1.807, 2.05) is 0 Å². The zero-order chi connectivity index (χ0) is 18.2. The Morgan fingerprint density at radius 1 is 1.32 bits per heavy atom. The predicted octanol–water partition coefficient (Wildman–Crippen LogP) is 2.12. The van der Waals surface area contributed by atoms with Crippen LogP contribution in [0.1, 0.15) is 35.8 Å². The Bertz CT molecular complexity index is 764. The Morgan fingerprint density at radius 3 is 2.68 bits per heavy atom. The van der Waals surface area contributed by atoms with Crippen LogP contribution in [-0.2, 0) is 31.5 Å². The van der Waals surface area contributed by atoms with Crippen LogP contribution in [0.2, 0.25) is 0 Å². The maximum absolute atomic E-state index is 12.8. The number of piperidine rings is 1. The molecule has 0 bridgehead atoms. The molecule has 3 rings (SSSR count). The molecule has 1 aliphatic rings. The molecular weight excluding hydrogens is 335 g/mol. The van der Waals surface area contributed by atoms with Crippen molar-refractivity contribution in [3.63, 3.8) is 0 Å². The first-order chi connectivity index (χ1) is 11.7. The van der Waals surface area contributed by atoms with E-state index in [9.17, 15) is 18.0 Å². The van der Waals surface area contributed by atoms with Crippen LogP contribution in [0.3, 0.4) is 0 Å². The van der Waals surface area contributed by atoms with Gasteiger partial charge in [0.05, 0.1) is 12.6 Å². The van der Waals surface area contributed by atoms with Gasteiger partial charge in [0.25, 0.3) is 0 Å². The van der Waals surface area contributed by atoms with Gasteiger partial charge in [-0.3, -0.25) is 9.48 Å². The van der Waals surface area contributed by atoms with E-state index in [0.29, 0.717) is 18.9 Å². The molecule has 0 saturated carbocycles. The molecule has 1 unspecified atom stereocenters. The van der Waals surface area contributed by atoms with Gasteiger partial charge in [-0.05, 0) is 18.4 Å². The predicted molar refractivity (Wildman–Crippen MR) is 83.7 cm³/mol. The molecule has 0 aliphatic carbocycles. The second-order valence-electron chi connectivity index (χ2n) is 6.47. The minimum Gasteiger partial charge on any atom is -0.342 e. The van der Waals surface area contributed by atoms with Gasteiger partial charge < -0.3 is 9.47 Å². The summed E-state index contributed by atoms with van der Waals surface area (Å²) in [6, 6.07) is 0. The molecule has 2 aromatic heterocycles. The van der Waals surface area contributed by atoms with Gasteiger partial charge in [0.2, 0.25) is 5.91 Å². The molecule has 3 heterocycles. The lowest BCUT2D eigenvalue weighted by Gasteiger charge is -2.32. The number of hydrogen-bond acceptors (Lipinski definition) is 3. The van der Waals surface area contributed by atoms with Crippen LogP contribution in [0.15, 0.2) is 18.6 Å². The number of hydrogen-bond donors (Lipinski definition) is 0. The van der Waals surface area contributed by atoms with E-state index in [2.05, 4.69) is 10.1 Å². The molecule has 1 atom stereocenters. The number of likely N-dealkylation sites (tertiary alicyclic amines) is 1. The fraction of sp³-hybridized carbons (Fsp3) is 0.562. The summed E-state index contributed by atoms with van der Waals surface area (Å²) in [5.74, 6) is 0.154. The largest absolute Gasteiger partial charge is 0.434 e. The molecular formula is C16H20F3N5O. The number of halogens is 3. The molecule has 0 aromatic carbocycles. The van der Waals surface area contributed by atoms with Gasteiger partial charge >= 0.3 is 6.18 Å². The van der Waals surface area contributed by atoms with Crippen LogP contribution in [0.25, 0.3) is 0 Å². The molecule has 1 fully saturated rings. The Kier molecular flexibility index (Phi) is 4.57. The third-order valence-corrected chi connectivity index (χ3v) is 4.46. The molecule has 25 heavy (non-hydrogen) atoms. The van der Waals surface area contributed by atoms with Crippen molar-refractivity contribution >= 4 is 5.91 Å². The second kappa shape index (κ2) is 6.53. The number of nitrogens with zero attached hydrogens (tertiary/aromatic N) is 5. The lowest BCUT2D eigenvalue weighted by Crippen LogP contribution is -2.40. The summed E-state index contributed by atoms with van der Waals surface area (Å²) in [5.41, 5.74) is -0.0604. The molecule has 1 saturated heterocycles. The van der Waals surface area contributed by atoms with E-state index < -0.39 is 11.9 Å². The standard InChI is InChI=1S/C16H20F3N5O/c1-22-10-13(16(17,18)19)21-15(22)12-4-3-5-24(9-12)14(25)6-11-7-20-23(2)8-11/h7-8,10,12H,3-6,9H2,1-2H3. The van der Waals surface area contributed by atoms with Crippen LogP contribution in [0.4, 0.5) is 13.2 Å². The minimum absolute atomic E-state index is 0.0389. The van der Waals surface area contributed by atoms with Gasteiger partial charge in [0, 0.05) is 45.5 Å². The van der Waals surface area contributed by atoms with Gasteiger partial charge in [-0.25, -0.2) is 4.98 Å². The Hall–Kier alpha value is -2.32. The molecule has 1 amide bonds. The maximum Gasteiger partial charge on any atom is 0.434 e. The van der Waals surface area contributed by atoms with Crippen molar-refractivity contribution in [2.24, 2.45) is 14.1 Å². The third kappa shape index (κ3) is 3.85. The summed E-state index contributed by atoms with van der Waals surface area (Å²) < 4.78 is 41.6. The van der Waals surface area contributed by atoms with E-state index in [1.54, 1.807) is 36.1 Å². The molecule has 0 spiro atoms. The van der Waals surface area contributed by atoms with Gasteiger partial charge in [-0.1, -0.05) is 0 Å². The van der Waals surface area contributed by atoms with E-state index in [-0.39, 0.29) is 18.2 Å². The fourth-order valence-electron chi connectivity index (χ4n) is 3.26. The van der Waals surface area contributed by atoms with Crippen molar-refractivity contribution < 1.29 is 18.0 Å². The molecule has 9 heteroatoms. The van der Waals surface area contributed by atoms with E-state index in [4.69, 9.17) is 0 Å². The summed E-state index contributed by atoms with van der Waals surface area (Å²) in [7, 11) is 3.35. The molecule has 136 valence electrons. The maximum atomic E-state index is 12.8. The van der Waals surface area contributed by atoms with Crippen LogP contribution >= 0.6 is 0 Å². The number of alkyl halides is 3. The number of carbonyl (C=O) groups is 1. The van der Waals surface area contributed by atoms with Crippen molar-refractivity contribution in [3.05, 3.63) is 35.7 Å². The van der Waals surface area contributed by atoms with Gasteiger partial charge in [-0.15, -0.1) is 0 Å². The normalized spacial score (nSPS) is 18.6. The highest BCUT2D eigenvalue weighted by atomic mass is 19.4. The van der Waals surface area contributed by atoms with Crippen molar-refractivity contribution in [2.45, 2.75) is 31.4 Å². The first kappa shape index (κ1) is 17.5. The van der Waals surface area contributed by atoms with Gasteiger partial charge in [-0.2, -0.15) is 18.3 Å². The number of amides is 1. The van der Waals surface area contributed by atoms with Crippen molar-refractivity contribution in [2.75, 3.05) is 13.1 Å². The number of carbonyl (C=O) groups excluding carboxylic acids is 1. The Morgan fingerprint density at radius 2 is 2.08 bits per heavy atom. The number of aryl methyl sites for hydroxylation is 2. The molecule has 1 aliphatic heterocycles. The highest BCUT2D eigenvalue weighted by Crippen LogP contribution is 2.32. The van der Waals surface area contributed by atoms with Crippen LogP contribution in [0.5, 0.6) is 0 Å². The molecule has 6 nitrogen and oxygen atoms in total. The van der Waals surface area contributed by atoms with E-state index in [1.165, 1.54) is 4.57 Å². The molecule has 0 N–H and O–H groups in total. The highest BCUT2D eigenvalue weighted by Gasteiger charge is 2.36. The van der Waals surface area contributed by atoms with E-state index >= 15 is 0 Å². The number of aromatic nitrogens is 4. The zero-order valence-electron chi connectivity index (χ0n) is 14.1. The monoisotopic (exact) mass is 355 g/mol. The van der Waals surface area contributed by atoms with Crippen molar-refractivity contribution in [1.29, 1.82) is 0 Å². The Balaban J connectivity index is 1.71. The molecule has 0 radical (unpaired) electrons. The topological polar surface area (TPSA) is 56.0 Å². The van der Waals surface area contributed by atoms with Crippen molar-refractivity contribution in [1.82, 2.24) is 24.2 Å². The third-order valence-electron chi connectivity index (χ3n) is 4.46. The Labute approximate surface area is 143 Å². The van der Waals surface area contributed by atoms with E-state index in [0.717, 1.165) is 24.6 Å². The fourth-order valence-corrected chi connectivity index (χ4v) is 3.26. The summed E-state index contributed by atoms with van der Waals surface area (Å²) in [6.45, 7) is 1.01. The smallest absolute Gasteiger partial charge is 0.342 e. The minimum atomic E-state index is -4.46. The second-order valence-corrected chi connectivity index (χ2v) is 6.47. The van der Waals surface area contributed by atoms with Crippen molar-refractivity contribution in [3.8, 4) is 0 Å². The van der Waals surface area contributed by atoms with Crippen LogP contribution < -0.4 is 0 Å². The zero-order valence-corrected chi connectivity index (χ0v) is 14.1. The van der Waals surface area contributed by atoms with Gasteiger partial charge in [0.1, 0.15) is 5.82 Å². The summed E-state index contributed by atoms with van der Waals surface area (Å²) in [4.78, 5) is 18.0. The number of imidazole rings is 1. The average Bonchev–Trinajstić information content (AvgIpc) is 3.13. The first-order valence-corrected chi connectivity index (χ1v) is 8.10. The van der Waals surface area contributed by atoms with Crippen LogP contribution in [0, 0.1) is 0 Å². The highest BCUT2D eigenvalue weighted by molar-refractivity contribution is 5.78. The summed E-state index contributed by atoms with van der Waals surface area (Å²) in [6.07, 6.45) is 1.69. The first-order valence-electron chi connectivity index (χ1n) is 8.10.